The number of hydrogen-bond donors (Lipinski definition) is 0. The Kier molecular flexibility index (Phi) is 4.73. The van der Waals surface area contributed by atoms with Gasteiger partial charge in [-0.25, -0.2) is 0 Å². The Bertz CT molecular complexity index is 2180. The zero-order valence-corrected chi connectivity index (χ0v) is 22.2. The van der Waals surface area contributed by atoms with Crippen molar-refractivity contribution in [1.82, 2.24) is 4.57 Å². The summed E-state index contributed by atoms with van der Waals surface area (Å²) in [4.78, 5) is 0. The molecule has 194 valence electrons. The molecular formula is C38H25NO2. The number of benzene rings is 5. The fourth-order valence-corrected chi connectivity index (χ4v) is 6.78. The van der Waals surface area contributed by atoms with Crippen molar-refractivity contribution in [3.05, 3.63) is 145 Å². The summed E-state index contributed by atoms with van der Waals surface area (Å²) in [5.41, 5.74) is 8.76. The molecule has 0 bridgehead atoms. The van der Waals surface area contributed by atoms with Crippen LogP contribution in [0.1, 0.15) is 11.5 Å². The first-order valence-electron chi connectivity index (χ1n) is 14.1. The predicted octanol–water partition coefficient (Wildman–Crippen LogP) is 9.83. The van der Waals surface area contributed by atoms with Crippen LogP contribution in [0.3, 0.4) is 0 Å². The maximum absolute atomic E-state index is 6.92. The van der Waals surface area contributed by atoms with Crippen LogP contribution in [0, 0.1) is 0 Å². The number of para-hydroxylation sites is 2. The molecule has 0 saturated carbocycles. The highest BCUT2D eigenvalue weighted by Crippen LogP contribution is 2.49. The van der Waals surface area contributed by atoms with E-state index in [1.807, 2.05) is 6.07 Å². The summed E-state index contributed by atoms with van der Waals surface area (Å²) in [7, 11) is 0. The minimum Gasteiger partial charge on any atom is -0.483 e. The summed E-state index contributed by atoms with van der Waals surface area (Å²) >= 11 is 0. The Balaban J connectivity index is 1.38. The van der Waals surface area contributed by atoms with Crippen LogP contribution in [0.25, 0.3) is 60.9 Å². The Labute approximate surface area is 237 Å². The number of ether oxygens (including phenoxy) is 1. The first kappa shape index (κ1) is 22.5. The number of allylic oxidation sites excluding steroid dienone is 2. The lowest BCUT2D eigenvalue weighted by Crippen LogP contribution is -2.15. The lowest BCUT2D eigenvalue weighted by atomic mass is 9.92. The molecule has 5 aromatic carbocycles. The molecule has 3 heteroatoms. The van der Waals surface area contributed by atoms with E-state index in [9.17, 15) is 0 Å². The van der Waals surface area contributed by atoms with Gasteiger partial charge in [-0.3, -0.25) is 0 Å². The predicted molar refractivity (Wildman–Crippen MR) is 167 cm³/mol. The van der Waals surface area contributed by atoms with Crippen LogP contribution in [0.2, 0.25) is 0 Å². The number of rotatable bonds is 3. The average Bonchev–Trinajstić information content (AvgIpc) is 3.71. The Morgan fingerprint density at radius 1 is 0.585 bits per heavy atom. The second-order valence-corrected chi connectivity index (χ2v) is 10.8. The van der Waals surface area contributed by atoms with E-state index in [4.69, 9.17) is 9.15 Å². The molecule has 1 aliphatic carbocycles. The van der Waals surface area contributed by atoms with Crippen molar-refractivity contribution in [3.8, 4) is 33.9 Å². The van der Waals surface area contributed by atoms with Gasteiger partial charge in [0, 0.05) is 33.4 Å². The fraction of sp³-hybridized carbons (Fsp3) is 0.0526. The van der Waals surface area contributed by atoms with Crippen LogP contribution in [0.4, 0.5) is 0 Å². The smallest absolute Gasteiger partial charge is 0.148 e. The van der Waals surface area contributed by atoms with E-state index in [0.717, 1.165) is 66.7 Å². The average molecular weight is 528 g/mol. The molecule has 0 N–H and O–H groups in total. The zero-order chi connectivity index (χ0) is 26.9. The monoisotopic (exact) mass is 527 g/mol. The standard InChI is InChI=1S/C38H25NO2/c1-3-12-24(13-4-1)34-29-22-23-31-35(38(29)41-36(34)25-14-5-2-6-15-25)28-17-7-9-19-30(28)39(31)32-20-11-18-27-26-16-8-10-21-33(26)40-37(27)32/h1-23,26,33H. The molecule has 2 aromatic heterocycles. The summed E-state index contributed by atoms with van der Waals surface area (Å²) < 4.78 is 15.9. The van der Waals surface area contributed by atoms with Crippen molar-refractivity contribution in [2.45, 2.75) is 12.0 Å². The molecule has 0 fully saturated rings. The van der Waals surface area contributed by atoms with Crippen LogP contribution < -0.4 is 4.74 Å². The molecule has 2 aliphatic rings. The van der Waals surface area contributed by atoms with Crippen molar-refractivity contribution in [3.63, 3.8) is 0 Å². The number of fused-ring (bicyclic) bond motifs is 8. The van der Waals surface area contributed by atoms with Crippen molar-refractivity contribution in [2.24, 2.45) is 0 Å². The first-order valence-corrected chi connectivity index (χ1v) is 14.1. The maximum Gasteiger partial charge on any atom is 0.148 e. The van der Waals surface area contributed by atoms with Gasteiger partial charge in [-0.1, -0.05) is 109 Å². The van der Waals surface area contributed by atoms with E-state index in [1.165, 1.54) is 5.56 Å². The SMILES string of the molecule is C1=CC2Oc3c(cccc3-n3c4ccccc4c4c5oc(-c6ccccc6)c(-c6ccccc6)c5ccc43)C2C=C1. The lowest BCUT2D eigenvalue weighted by Gasteiger charge is -2.14. The lowest BCUT2D eigenvalue weighted by molar-refractivity contribution is 0.268. The van der Waals surface area contributed by atoms with Gasteiger partial charge < -0.3 is 13.7 Å². The number of hydrogen-bond acceptors (Lipinski definition) is 2. The van der Waals surface area contributed by atoms with Gasteiger partial charge in [-0.05, 0) is 35.9 Å². The highest BCUT2D eigenvalue weighted by atomic mass is 16.5. The van der Waals surface area contributed by atoms with Crippen LogP contribution in [0.5, 0.6) is 5.75 Å². The van der Waals surface area contributed by atoms with Gasteiger partial charge in [0.05, 0.1) is 22.1 Å². The van der Waals surface area contributed by atoms with Crippen LogP contribution >= 0.6 is 0 Å². The normalized spacial score (nSPS) is 17.3. The Morgan fingerprint density at radius 2 is 1.34 bits per heavy atom. The largest absolute Gasteiger partial charge is 0.483 e. The summed E-state index contributed by atoms with van der Waals surface area (Å²) in [6, 6.07) is 40.6. The van der Waals surface area contributed by atoms with Gasteiger partial charge >= 0.3 is 0 Å². The molecule has 0 spiro atoms. The number of aromatic nitrogens is 1. The van der Waals surface area contributed by atoms with Crippen LogP contribution in [-0.2, 0) is 0 Å². The summed E-state index contributed by atoms with van der Waals surface area (Å²) in [5, 5.41) is 3.39. The van der Waals surface area contributed by atoms with Crippen molar-refractivity contribution >= 4 is 32.8 Å². The molecule has 0 radical (unpaired) electrons. The molecule has 0 amide bonds. The minimum absolute atomic E-state index is 0.0304. The van der Waals surface area contributed by atoms with Crippen LogP contribution in [0.15, 0.2) is 144 Å². The van der Waals surface area contributed by atoms with Gasteiger partial charge in [0.2, 0.25) is 0 Å². The van der Waals surface area contributed by atoms with Crippen LogP contribution in [-0.4, -0.2) is 10.7 Å². The van der Waals surface area contributed by atoms with E-state index in [-0.39, 0.29) is 12.0 Å². The van der Waals surface area contributed by atoms with Crippen molar-refractivity contribution < 1.29 is 9.15 Å². The molecule has 2 atom stereocenters. The Morgan fingerprint density at radius 3 is 2.20 bits per heavy atom. The first-order chi connectivity index (χ1) is 20.4. The van der Waals surface area contributed by atoms with E-state index in [1.54, 1.807) is 0 Å². The van der Waals surface area contributed by atoms with Gasteiger partial charge in [0.25, 0.3) is 0 Å². The van der Waals surface area contributed by atoms with Gasteiger partial charge in [0.1, 0.15) is 23.2 Å². The fourth-order valence-electron chi connectivity index (χ4n) is 6.78. The zero-order valence-electron chi connectivity index (χ0n) is 22.2. The van der Waals surface area contributed by atoms with Gasteiger partial charge in [-0.15, -0.1) is 0 Å². The second-order valence-electron chi connectivity index (χ2n) is 10.8. The molecule has 7 aromatic rings. The second kappa shape index (κ2) is 8.61. The van der Waals surface area contributed by atoms with Gasteiger partial charge in [-0.2, -0.15) is 0 Å². The molecule has 3 heterocycles. The molecule has 9 rings (SSSR count). The quantitative estimate of drug-likeness (QED) is 0.229. The summed E-state index contributed by atoms with van der Waals surface area (Å²) in [5.74, 6) is 2.08. The van der Waals surface area contributed by atoms with Gasteiger partial charge in [0.15, 0.2) is 0 Å². The topological polar surface area (TPSA) is 27.3 Å². The third kappa shape index (κ3) is 3.20. The molecule has 2 unspecified atom stereocenters. The van der Waals surface area contributed by atoms with E-state index < -0.39 is 0 Å². The molecule has 0 saturated heterocycles. The molecule has 3 nitrogen and oxygen atoms in total. The Hall–Kier alpha value is -5.28. The van der Waals surface area contributed by atoms with Crippen molar-refractivity contribution in [1.29, 1.82) is 0 Å². The molecular weight excluding hydrogens is 502 g/mol. The molecule has 1 aliphatic heterocycles. The van der Waals surface area contributed by atoms with Crippen molar-refractivity contribution in [2.75, 3.05) is 0 Å². The summed E-state index contributed by atoms with van der Waals surface area (Å²) in [6.45, 7) is 0. The van der Waals surface area contributed by atoms with E-state index in [0.29, 0.717) is 0 Å². The number of nitrogens with zero attached hydrogens (tertiary/aromatic N) is 1. The highest BCUT2D eigenvalue weighted by molar-refractivity contribution is 6.22. The summed E-state index contributed by atoms with van der Waals surface area (Å²) in [6.07, 6.45) is 8.63. The third-order valence-electron chi connectivity index (χ3n) is 8.55. The third-order valence-corrected chi connectivity index (χ3v) is 8.55. The maximum atomic E-state index is 6.92. The van der Waals surface area contributed by atoms with E-state index in [2.05, 4.69) is 138 Å². The van der Waals surface area contributed by atoms with E-state index >= 15 is 0 Å². The number of furan rings is 1. The highest BCUT2D eigenvalue weighted by Gasteiger charge is 2.34. The minimum atomic E-state index is 0.0304. The molecule has 41 heavy (non-hydrogen) atoms.